The summed E-state index contributed by atoms with van der Waals surface area (Å²) in [6.45, 7) is 5.17. The molecule has 0 aliphatic heterocycles. The van der Waals surface area contributed by atoms with E-state index in [9.17, 15) is 14.4 Å². The van der Waals surface area contributed by atoms with Crippen LogP contribution in [0.2, 0.25) is 0 Å². The van der Waals surface area contributed by atoms with Crippen molar-refractivity contribution >= 4 is 29.1 Å². The second-order valence-corrected chi connectivity index (χ2v) is 6.59. The maximum absolute atomic E-state index is 12.1. The van der Waals surface area contributed by atoms with Crippen molar-refractivity contribution in [2.24, 2.45) is 10.8 Å². The molecule has 2 aromatic carbocycles. The molecule has 0 aliphatic carbocycles. The van der Waals surface area contributed by atoms with Crippen LogP contribution in [-0.4, -0.2) is 37.1 Å². The van der Waals surface area contributed by atoms with Crippen LogP contribution in [0, 0.1) is 13.8 Å². The van der Waals surface area contributed by atoms with Gasteiger partial charge in [-0.1, -0.05) is 6.07 Å². The van der Waals surface area contributed by atoms with Crippen LogP contribution in [-0.2, 0) is 14.4 Å². The molecule has 158 valence electrons. The minimum atomic E-state index is -0.901. The summed E-state index contributed by atoms with van der Waals surface area (Å²) in [6, 6.07) is 10.4. The summed E-state index contributed by atoms with van der Waals surface area (Å²) >= 11 is 0. The Balaban J connectivity index is 2.04. The second-order valence-electron chi connectivity index (χ2n) is 6.59. The van der Waals surface area contributed by atoms with Gasteiger partial charge in [-0.05, 0) is 62.2 Å². The predicted octanol–water partition coefficient (Wildman–Crippen LogP) is 1.66. The average Bonchev–Trinajstić information content (AvgIpc) is 2.69. The molecule has 0 aliphatic rings. The highest BCUT2D eigenvalue weighted by Gasteiger charge is 2.14. The van der Waals surface area contributed by atoms with Gasteiger partial charge >= 0.3 is 11.8 Å². The number of hydrogen-bond donors (Lipinski definition) is 3. The lowest BCUT2D eigenvalue weighted by Gasteiger charge is -2.11. The summed E-state index contributed by atoms with van der Waals surface area (Å²) in [6.07, 6.45) is 0. The van der Waals surface area contributed by atoms with Crippen LogP contribution >= 0.6 is 0 Å². The number of aryl methyl sites for hydroxylation is 2. The van der Waals surface area contributed by atoms with Crippen molar-refractivity contribution in [3.8, 4) is 11.5 Å². The van der Waals surface area contributed by atoms with Crippen LogP contribution in [0.15, 0.2) is 41.5 Å². The molecule has 0 unspecified atom stereocenters. The number of methoxy groups -OCH3 is 1. The number of nitrogens with two attached hydrogens (primary N) is 1. The number of benzene rings is 2. The van der Waals surface area contributed by atoms with Crippen molar-refractivity contribution in [3.63, 3.8) is 0 Å². The van der Waals surface area contributed by atoms with Gasteiger partial charge in [0.1, 0.15) is 0 Å². The van der Waals surface area contributed by atoms with Crippen molar-refractivity contribution in [1.29, 1.82) is 0 Å². The first kappa shape index (κ1) is 22.4. The quantitative estimate of drug-likeness (QED) is 0.361. The molecule has 0 radical (unpaired) electrons. The van der Waals surface area contributed by atoms with Crippen molar-refractivity contribution in [2.45, 2.75) is 20.8 Å². The molecule has 0 atom stereocenters. The first-order valence-corrected chi connectivity index (χ1v) is 9.03. The van der Waals surface area contributed by atoms with Crippen LogP contribution in [0.25, 0.3) is 0 Å². The van der Waals surface area contributed by atoms with E-state index < -0.39 is 17.7 Å². The summed E-state index contributed by atoms with van der Waals surface area (Å²) in [7, 11) is 1.45. The standard InChI is InChI=1S/C21H24N4O5/c1-12-7-13(2)9-16(8-12)23-20(27)21(28)25-24-14(3)15-5-6-17(18(10-15)29-4)30-11-19(22)26/h5-10H,11H2,1-4H3,(H2,22,26)(H,23,27)(H,25,28). The molecule has 0 bridgehead atoms. The van der Waals surface area contributed by atoms with Gasteiger partial charge in [0.2, 0.25) is 0 Å². The molecule has 2 aromatic rings. The number of hydrogen-bond acceptors (Lipinski definition) is 6. The van der Waals surface area contributed by atoms with Gasteiger partial charge in [-0.15, -0.1) is 0 Å². The third-order valence-corrected chi connectivity index (χ3v) is 3.96. The highest BCUT2D eigenvalue weighted by molar-refractivity contribution is 6.39. The van der Waals surface area contributed by atoms with E-state index in [0.717, 1.165) is 11.1 Å². The monoisotopic (exact) mass is 412 g/mol. The molecule has 4 N–H and O–H groups in total. The summed E-state index contributed by atoms with van der Waals surface area (Å²) < 4.78 is 10.5. The van der Waals surface area contributed by atoms with Gasteiger partial charge in [-0.2, -0.15) is 5.10 Å². The van der Waals surface area contributed by atoms with E-state index in [1.165, 1.54) is 7.11 Å². The van der Waals surface area contributed by atoms with Crippen LogP contribution in [0.5, 0.6) is 11.5 Å². The van der Waals surface area contributed by atoms with E-state index >= 15 is 0 Å². The van der Waals surface area contributed by atoms with Crippen LogP contribution in [0.4, 0.5) is 5.69 Å². The van der Waals surface area contributed by atoms with Gasteiger partial charge in [-0.25, -0.2) is 5.43 Å². The van der Waals surface area contributed by atoms with Crippen molar-refractivity contribution in [2.75, 3.05) is 19.0 Å². The summed E-state index contributed by atoms with van der Waals surface area (Å²) in [5.41, 5.74) is 10.8. The molecule has 0 fully saturated rings. The predicted molar refractivity (Wildman–Crippen MR) is 113 cm³/mol. The molecule has 0 heterocycles. The highest BCUT2D eigenvalue weighted by atomic mass is 16.5. The number of carbonyl (C=O) groups excluding carboxylic acids is 3. The summed E-state index contributed by atoms with van der Waals surface area (Å²) in [5, 5.41) is 6.50. The number of primary amides is 1. The Morgan fingerprint density at radius 1 is 1.00 bits per heavy atom. The second kappa shape index (κ2) is 10.1. The molecule has 0 saturated heterocycles. The minimum absolute atomic E-state index is 0.283. The number of nitrogens with zero attached hydrogens (tertiary/aromatic N) is 1. The first-order chi connectivity index (χ1) is 14.2. The Hall–Kier alpha value is -3.88. The lowest BCUT2D eigenvalue weighted by Crippen LogP contribution is -2.33. The zero-order valence-corrected chi connectivity index (χ0v) is 17.2. The normalized spacial score (nSPS) is 10.9. The minimum Gasteiger partial charge on any atom is -0.493 e. The number of amides is 3. The topological polar surface area (TPSA) is 132 Å². The molecule has 9 heteroatoms. The number of anilines is 1. The van der Waals surface area contributed by atoms with Gasteiger partial charge in [0.15, 0.2) is 18.1 Å². The molecular formula is C21H24N4O5. The van der Waals surface area contributed by atoms with Gasteiger partial charge in [0.05, 0.1) is 12.8 Å². The molecule has 0 aromatic heterocycles. The maximum atomic E-state index is 12.1. The fraction of sp³-hybridized carbons (Fsp3) is 0.238. The zero-order chi connectivity index (χ0) is 22.3. The average molecular weight is 412 g/mol. The lowest BCUT2D eigenvalue weighted by molar-refractivity contribution is -0.136. The smallest absolute Gasteiger partial charge is 0.329 e. The van der Waals surface area contributed by atoms with E-state index in [1.807, 2.05) is 19.9 Å². The summed E-state index contributed by atoms with van der Waals surface area (Å²) in [4.78, 5) is 35.0. The van der Waals surface area contributed by atoms with E-state index in [-0.39, 0.29) is 6.61 Å². The van der Waals surface area contributed by atoms with Crippen LogP contribution in [0.3, 0.4) is 0 Å². The Morgan fingerprint density at radius 2 is 1.67 bits per heavy atom. The molecule has 0 spiro atoms. The van der Waals surface area contributed by atoms with Crippen LogP contribution < -0.4 is 25.9 Å². The van der Waals surface area contributed by atoms with Crippen molar-refractivity contribution < 1.29 is 23.9 Å². The molecule has 30 heavy (non-hydrogen) atoms. The highest BCUT2D eigenvalue weighted by Crippen LogP contribution is 2.28. The fourth-order valence-corrected chi connectivity index (χ4v) is 2.65. The number of carbonyl (C=O) groups is 3. The Bertz CT molecular complexity index is 981. The molecule has 0 saturated carbocycles. The number of nitrogens with one attached hydrogen (secondary N) is 2. The van der Waals surface area contributed by atoms with Crippen molar-refractivity contribution in [1.82, 2.24) is 5.43 Å². The van der Waals surface area contributed by atoms with Gasteiger partial charge in [0.25, 0.3) is 5.91 Å². The fourth-order valence-electron chi connectivity index (χ4n) is 2.65. The summed E-state index contributed by atoms with van der Waals surface area (Å²) in [5.74, 6) is -1.64. The van der Waals surface area contributed by atoms with Gasteiger partial charge in [0, 0.05) is 11.3 Å². The van der Waals surface area contributed by atoms with Gasteiger partial charge in [-0.3, -0.25) is 14.4 Å². The molecule has 2 rings (SSSR count). The third-order valence-electron chi connectivity index (χ3n) is 3.96. The van der Waals surface area contributed by atoms with Gasteiger partial charge < -0.3 is 20.5 Å². The first-order valence-electron chi connectivity index (χ1n) is 9.03. The zero-order valence-electron chi connectivity index (χ0n) is 17.2. The number of ether oxygens (including phenoxy) is 2. The Labute approximate surface area is 174 Å². The molecule has 3 amide bonds. The van der Waals surface area contributed by atoms with E-state index in [0.29, 0.717) is 28.5 Å². The third kappa shape index (κ3) is 6.33. The van der Waals surface area contributed by atoms with E-state index in [2.05, 4.69) is 15.8 Å². The van der Waals surface area contributed by atoms with Crippen molar-refractivity contribution in [3.05, 3.63) is 53.1 Å². The lowest BCUT2D eigenvalue weighted by atomic mass is 10.1. The molecular weight excluding hydrogens is 388 g/mol. The van der Waals surface area contributed by atoms with Crippen LogP contribution in [0.1, 0.15) is 23.6 Å². The van der Waals surface area contributed by atoms with E-state index in [1.54, 1.807) is 37.3 Å². The SMILES string of the molecule is COc1cc(C(C)=NNC(=O)C(=O)Nc2cc(C)cc(C)c2)ccc1OCC(N)=O. The Kier molecular flexibility index (Phi) is 7.51. The number of hydrazone groups is 1. The largest absolute Gasteiger partial charge is 0.493 e. The number of rotatable bonds is 7. The van der Waals surface area contributed by atoms with E-state index in [4.69, 9.17) is 15.2 Å². The Morgan fingerprint density at radius 3 is 2.27 bits per heavy atom. The molecule has 9 nitrogen and oxygen atoms in total. The maximum Gasteiger partial charge on any atom is 0.329 e.